The molecule has 3 aromatic rings. The van der Waals surface area contributed by atoms with E-state index in [4.69, 9.17) is 25.6 Å². The van der Waals surface area contributed by atoms with Crippen LogP contribution in [0.1, 0.15) is 11.5 Å². The molecule has 4 rings (SSSR count). The molecule has 8 nitrogen and oxygen atoms in total. The van der Waals surface area contributed by atoms with Gasteiger partial charge in [0.05, 0.1) is 6.54 Å². The molecular formula is C20H21ClIN5O3. The monoisotopic (exact) mass is 541 g/mol. The SMILES string of the molecule is CN=C(NCCc1ccc2c(c1)OCO2)NCc1nc(-c2ccc(Cl)cc2)no1.I. The second kappa shape index (κ2) is 10.5. The number of aliphatic imine (C=N–C) groups is 1. The van der Waals surface area contributed by atoms with E-state index in [0.29, 0.717) is 35.8 Å². The van der Waals surface area contributed by atoms with E-state index in [1.807, 2.05) is 30.3 Å². The molecule has 0 spiro atoms. The summed E-state index contributed by atoms with van der Waals surface area (Å²) < 4.78 is 16.0. The lowest BCUT2D eigenvalue weighted by Gasteiger charge is -2.10. The zero-order chi connectivity index (χ0) is 20.1. The molecular weight excluding hydrogens is 521 g/mol. The van der Waals surface area contributed by atoms with Gasteiger partial charge in [0.25, 0.3) is 0 Å². The Kier molecular flexibility index (Phi) is 7.75. The van der Waals surface area contributed by atoms with Crippen molar-refractivity contribution in [1.29, 1.82) is 0 Å². The van der Waals surface area contributed by atoms with Crippen LogP contribution in [0.15, 0.2) is 52.0 Å². The molecule has 0 saturated carbocycles. The van der Waals surface area contributed by atoms with Crippen molar-refractivity contribution in [1.82, 2.24) is 20.8 Å². The normalized spacial score (nSPS) is 12.4. The van der Waals surface area contributed by atoms with Crippen LogP contribution in [0, 0.1) is 0 Å². The van der Waals surface area contributed by atoms with Crippen molar-refractivity contribution in [2.75, 3.05) is 20.4 Å². The smallest absolute Gasteiger partial charge is 0.246 e. The lowest BCUT2D eigenvalue weighted by atomic mass is 10.1. The number of halogens is 2. The van der Waals surface area contributed by atoms with E-state index in [-0.39, 0.29) is 30.8 Å². The number of rotatable bonds is 6. The van der Waals surface area contributed by atoms with Gasteiger partial charge in [0.1, 0.15) is 0 Å². The molecule has 10 heteroatoms. The van der Waals surface area contributed by atoms with Crippen LogP contribution in [0.5, 0.6) is 11.5 Å². The van der Waals surface area contributed by atoms with Crippen LogP contribution in [0.2, 0.25) is 5.02 Å². The lowest BCUT2D eigenvalue weighted by Crippen LogP contribution is -2.37. The van der Waals surface area contributed by atoms with Crippen molar-refractivity contribution in [3.8, 4) is 22.9 Å². The standard InChI is InChI=1S/C20H20ClN5O3.HI/c1-22-20(23-9-8-13-2-7-16-17(10-13)28-12-27-16)24-11-18-25-19(26-29-18)14-3-5-15(21)6-4-14;/h2-7,10H,8-9,11-12H2,1H3,(H2,22,23,24);1H. The molecule has 2 aromatic carbocycles. The maximum Gasteiger partial charge on any atom is 0.246 e. The molecule has 0 bridgehead atoms. The van der Waals surface area contributed by atoms with Gasteiger partial charge in [0, 0.05) is 24.2 Å². The Morgan fingerprint density at radius 1 is 1.10 bits per heavy atom. The summed E-state index contributed by atoms with van der Waals surface area (Å²) >= 11 is 5.90. The fourth-order valence-electron chi connectivity index (χ4n) is 2.84. The first-order valence-corrected chi connectivity index (χ1v) is 9.50. The number of aromatic nitrogens is 2. The van der Waals surface area contributed by atoms with Crippen molar-refractivity contribution in [2.24, 2.45) is 4.99 Å². The number of fused-ring (bicyclic) bond motifs is 1. The number of ether oxygens (including phenoxy) is 2. The van der Waals surface area contributed by atoms with E-state index in [2.05, 4.69) is 25.8 Å². The average Bonchev–Trinajstić information content (AvgIpc) is 3.40. The fraction of sp³-hybridized carbons (Fsp3) is 0.250. The summed E-state index contributed by atoms with van der Waals surface area (Å²) in [5.74, 6) is 3.21. The Hall–Kier alpha value is -2.53. The highest BCUT2D eigenvalue weighted by Crippen LogP contribution is 2.32. The third-order valence-corrected chi connectivity index (χ3v) is 4.60. The highest BCUT2D eigenvalue weighted by Gasteiger charge is 2.13. The van der Waals surface area contributed by atoms with Gasteiger partial charge in [-0.2, -0.15) is 4.98 Å². The molecule has 1 aliphatic rings. The van der Waals surface area contributed by atoms with E-state index in [1.165, 1.54) is 0 Å². The summed E-state index contributed by atoms with van der Waals surface area (Å²) in [6.45, 7) is 1.35. The van der Waals surface area contributed by atoms with Crippen LogP contribution in [-0.2, 0) is 13.0 Å². The molecule has 0 unspecified atom stereocenters. The number of hydrogen-bond donors (Lipinski definition) is 2. The third kappa shape index (κ3) is 5.54. The summed E-state index contributed by atoms with van der Waals surface area (Å²) in [7, 11) is 1.71. The van der Waals surface area contributed by atoms with Crippen LogP contribution in [0.3, 0.4) is 0 Å². The van der Waals surface area contributed by atoms with Gasteiger partial charge in [-0.25, -0.2) is 0 Å². The minimum Gasteiger partial charge on any atom is -0.454 e. The molecule has 0 amide bonds. The fourth-order valence-corrected chi connectivity index (χ4v) is 2.97. The van der Waals surface area contributed by atoms with Crippen LogP contribution >= 0.6 is 35.6 Å². The lowest BCUT2D eigenvalue weighted by molar-refractivity contribution is 0.174. The van der Waals surface area contributed by atoms with E-state index in [1.54, 1.807) is 19.2 Å². The summed E-state index contributed by atoms with van der Waals surface area (Å²) in [5.41, 5.74) is 2.00. The molecule has 0 fully saturated rings. The Morgan fingerprint density at radius 3 is 2.70 bits per heavy atom. The zero-order valence-electron chi connectivity index (χ0n) is 16.2. The zero-order valence-corrected chi connectivity index (χ0v) is 19.3. The number of nitrogens with one attached hydrogen (secondary N) is 2. The Bertz CT molecular complexity index is 1010. The number of guanidine groups is 1. The second-order valence-electron chi connectivity index (χ2n) is 6.31. The highest BCUT2D eigenvalue weighted by molar-refractivity contribution is 14.0. The van der Waals surface area contributed by atoms with Gasteiger partial charge in [-0.1, -0.05) is 22.8 Å². The van der Waals surface area contributed by atoms with Crippen LogP contribution in [-0.4, -0.2) is 36.5 Å². The van der Waals surface area contributed by atoms with Gasteiger partial charge in [0.2, 0.25) is 18.5 Å². The molecule has 2 N–H and O–H groups in total. The highest BCUT2D eigenvalue weighted by atomic mass is 127. The molecule has 0 atom stereocenters. The topological polar surface area (TPSA) is 93.8 Å². The van der Waals surface area contributed by atoms with Gasteiger partial charge in [-0.05, 0) is 48.4 Å². The van der Waals surface area contributed by atoms with Gasteiger partial charge in [-0.15, -0.1) is 24.0 Å². The number of nitrogens with zero attached hydrogens (tertiary/aromatic N) is 3. The molecule has 0 aliphatic carbocycles. The minimum atomic E-state index is 0. The first-order valence-electron chi connectivity index (χ1n) is 9.13. The molecule has 2 heterocycles. The first-order chi connectivity index (χ1) is 14.2. The molecule has 0 radical (unpaired) electrons. The Labute approximate surface area is 196 Å². The maximum absolute atomic E-state index is 5.90. The molecule has 158 valence electrons. The molecule has 0 saturated heterocycles. The van der Waals surface area contributed by atoms with Gasteiger partial charge < -0.3 is 24.6 Å². The largest absolute Gasteiger partial charge is 0.454 e. The van der Waals surface area contributed by atoms with Gasteiger partial charge in [0.15, 0.2) is 17.5 Å². The summed E-state index contributed by atoms with van der Waals surface area (Å²) in [5, 5.41) is 11.1. The predicted molar refractivity (Wildman–Crippen MR) is 125 cm³/mol. The Balaban J connectivity index is 0.00000256. The molecule has 1 aromatic heterocycles. The van der Waals surface area contributed by atoms with Gasteiger partial charge >= 0.3 is 0 Å². The number of hydrogen-bond acceptors (Lipinski definition) is 6. The second-order valence-corrected chi connectivity index (χ2v) is 6.75. The summed E-state index contributed by atoms with van der Waals surface area (Å²) in [6, 6.07) is 13.2. The van der Waals surface area contributed by atoms with Crippen molar-refractivity contribution >= 4 is 41.5 Å². The Morgan fingerprint density at radius 2 is 1.90 bits per heavy atom. The van der Waals surface area contributed by atoms with Gasteiger partial charge in [-0.3, -0.25) is 4.99 Å². The van der Waals surface area contributed by atoms with E-state index >= 15 is 0 Å². The average molecular weight is 542 g/mol. The molecule has 30 heavy (non-hydrogen) atoms. The van der Waals surface area contributed by atoms with Crippen molar-refractivity contribution < 1.29 is 14.0 Å². The van der Waals surface area contributed by atoms with E-state index in [0.717, 1.165) is 29.0 Å². The quantitative estimate of drug-likeness (QED) is 0.280. The predicted octanol–water partition coefficient (Wildman–Crippen LogP) is 3.64. The third-order valence-electron chi connectivity index (χ3n) is 4.34. The van der Waals surface area contributed by atoms with Crippen molar-refractivity contribution in [3.05, 3.63) is 58.9 Å². The van der Waals surface area contributed by atoms with Crippen molar-refractivity contribution in [3.63, 3.8) is 0 Å². The van der Waals surface area contributed by atoms with Crippen LogP contribution < -0.4 is 20.1 Å². The number of benzene rings is 2. The van der Waals surface area contributed by atoms with E-state index in [9.17, 15) is 0 Å². The van der Waals surface area contributed by atoms with Crippen molar-refractivity contribution in [2.45, 2.75) is 13.0 Å². The van der Waals surface area contributed by atoms with E-state index < -0.39 is 0 Å². The van der Waals surface area contributed by atoms with Crippen LogP contribution in [0.25, 0.3) is 11.4 Å². The summed E-state index contributed by atoms with van der Waals surface area (Å²) in [6.07, 6.45) is 0.818. The molecule has 1 aliphatic heterocycles. The first kappa shape index (κ1) is 22.2. The minimum absolute atomic E-state index is 0. The summed E-state index contributed by atoms with van der Waals surface area (Å²) in [4.78, 5) is 8.60. The van der Waals surface area contributed by atoms with Crippen LogP contribution in [0.4, 0.5) is 0 Å². The maximum atomic E-state index is 5.90.